The van der Waals surface area contributed by atoms with Gasteiger partial charge in [-0.2, -0.15) is 5.21 Å². The number of aromatic amines is 1. The molecule has 1 atom stereocenters. The summed E-state index contributed by atoms with van der Waals surface area (Å²) in [5, 5.41) is 17.3. The second-order valence-electron chi connectivity index (χ2n) is 3.92. The third kappa shape index (κ3) is 2.17. The largest absolute Gasteiger partial charge is 0.371 e. The van der Waals surface area contributed by atoms with Crippen LogP contribution in [0.25, 0.3) is 11.4 Å². The van der Waals surface area contributed by atoms with Gasteiger partial charge in [0, 0.05) is 18.7 Å². The summed E-state index contributed by atoms with van der Waals surface area (Å²) in [6.07, 6.45) is 0.107. The molecule has 1 aliphatic heterocycles. The second kappa shape index (κ2) is 4.60. The maximum atomic E-state index is 5.71. The Morgan fingerprint density at radius 1 is 1.35 bits per heavy atom. The van der Waals surface area contributed by atoms with Gasteiger partial charge in [0.15, 0.2) is 0 Å². The molecule has 3 rings (SSSR count). The molecule has 88 valence electrons. The molecule has 1 aromatic heterocycles. The number of tetrazole rings is 1. The van der Waals surface area contributed by atoms with E-state index in [1.807, 2.05) is 18.2 Å². The highest BCUT2D eigenvalue weighted by Gasteiger charge is 2.16. The Hall–Kier alpha value is -1.79. The van der Waals surface area contributed by atoms with E-state index >= 15 is 0 Å². The van der Waals surface area contributed by atoms with Crippen LogP contribution in [0, 0.1) is 0 Å². The monoisotopic (exact) mass is 231 g/mol. The zero-order valence-electron chi connectivity index (χ0n) is 9.26. The van der Waals surface area contributed by atoms with Gasteiger partial charge in [-0.25, -0.2) is 0 Å². The lowest BCUT2D eigenvalue weighted by atomic mass is 10.0. The maximum absolute atomic E-state index is 5.71. The summed E-state index contributed by atoms with van der Waals surface area (Å²) in [6, 6.07) is 8.05. The van der Waals surface area contributed by atoms with E-state index in [9.17, 15) is 0 Å². The summed E-state index contributed by atoms with van der Waals surface area (Å²) >= 11 is 0. The van der Waals surface area contributed by atoms with E-state index in [4.69, 9.17) is 4.74 Å². The van der Waals surface area contributed by atoms with Gasteiger partial charge in [-0.05, 0) is 16.8 Å². The Bertz CT molecular complexity index is 478. The van der Waals surface area contributed by atoms with E-state index in [1.165, 1.54) is 0 Å². The molecular formula is C11H13N5O. The van der Waals surface area contributed by atoms with Gasteiger partial charge >= 0.3 is 0 Å². The highest BCUT2D eigenvalue weighted by atomic mass is 16.5. The first-order chi connectivity index (χ1) is 8.43. The maximum Gasteiger partial charge on any atom is 0.204 e. The molecule has 0 amide bonds. The first-order valence-electron chi connectivity index (χ1n) is 5.59. The number of nitrogens with zero attached hydrogens (tertiary/aromatic N) is 3. The lowest BCUT2D eigenvalue weighted by Crippen LogP contribution is -2.33. The van der Waals surface area contributed by atoms with Gasteiger partial charge in [0.2, 0.25) is 5.82 Å². The van der Waals surface area contributed by atoms with Gasteiger partial charge in [-0.1, -0.05) is 18.2 Å². The molecule has 0 radical (unpaired) electrons. The van der Waals surface area contributed by atoms with Crippen LogP contribution in [0.4, 0.5) is 0 Å². The first kappa shape index (κ1) is 10.4. The smallest absolute Gasteiger partial charge is 0.204 e. The summed E-state index contributed by atoms with van der Waals surface area (Å²) in [5.41, 5.74) is 2.09. The minimum atomic E-state index is 0.107. The van der Waals surface area contributed by atoms with E-state index in [0.717, 1.165) is 30.8 Å². The summed E-state index contributed by atoms with van der Waals surface area (Å²) in [4.78, 5) is 0. The van der Waals surface area contributed by atoms with Gasteiger partial charge < -0.3 is 10.1 Å². The molecule has 0 saturated carbocycles. The Morgan fingerprint density at radius 2 is 2.35 bits per heavy atom. The van der Waals surface area contributed by atoms with Gasteiger partial charge in [0.05, 0.1) is 12.7 Å². The van der Waals surface area contributed by atoms with Crippen molar-refractivity contribution in [2.45, 2.75) is 6.10 Å². The summed E-state index contributed by atoms with van der Waals surface area (Å²) in [7, 11) is 0. The molecule has 0 spiro atoms. The quantitative estimate of drug-likeness (QED) is 0.788. The highest BCUT2D eigenvalue weighted by Crippen LogP contribution is 2.23. The van der Waals surface area contributed by atoms with Crippen molar-refractivity contribution >= 4 is 0 Å². The van der Waals surface area contributed by atoms with Crippen LogP contribution in [-0.2, 0) is 4.74 Å². The van der Waals surface area contributed by atoms with Crippen LogP contribution in [0.1, 0.15) is 11.7 Å². The van der Waals surface area contributed by atoms with Crippen LogP contribution in [0.5, 0.6) is 0 Å². The molecule has 17 heavy (non-hydrogen) atoms. The van der Waals surface area contributed by atoms with E-state index in [-0.39, 0.29) is 6.10 Å². The number of nitrogens with one attached hydrogen (secondary N) is 2. The molecule has 1 fully saturated rings. The fraction of sp³-hybridized carbons (Fsp3) is 0.364. The molecule has 0 aliphatic carbocycles. The third-order valence-corrected chi connectivity index (χ3v) is 2.79. The molecule has 6 heteroatoms. The van der Waals surface area contributed by atoms with Crippen molar-refractivity contribution in [2.75, 3.05) is 19.7 Å². The van der Waals surface area contributed by atoms with Gasteiger partial charge in [-0.3, -0.25) is 0 Å². The summed E-state index contributed by atoms with van der Waals surface area (Å²) < 4.78 is 5.71. The zero-order valence-corrected chi connectivity index (χ0v) is 9.26. The molecule has 1 aliphatic rings. The van der Waals surface area contributed by atoms with Crippen LogP contribution < -0.4 is 5.32 Å². The third-order valence-electron chi connectivity index (χ3n) is 2.79. The lowest BCUT2D eigenvalue weighted by Gasteiger charge is -2.24. The number of H-pyrrole nitrogens is 1. The normalized spacial score (nSPS) is 20.4. The standard InChI is InChI=1S/C11H13N5O/c1-2-8(10-7-12-4-5-17-10)6-9(3-1)11-13-15-16-14-11/h1-3,6,10,12H,4-5,7H2,(H,13,14,15,16). The molecular weight excluding hydrogens is 218 g/mol. The molecule has 0 bridgehead atoms. The van der Waals surface area contributed by atoms with Gasteiger partial charge in [-0.15, -0.1) is 10.2 Å². The predicted molar refractivity (Wildman–Crippen MR) is 61.2 cm³/mol. The average molecular weight is 231 g/mol. The molecule has 1 aromatic carbocycles. The molecule has 1 unspecified atom stereocenters. The Kier molecular flexibility index (Phi) is 2.81. The fourth-order valence-corrected chi connectivity index (χ4v) is 1.94. The van der Waals surface area contributed by atoms with Crippen molar-refractivity contribution in [3.8, 4) is 11.4 Å². The Balaban J connectivity index is 1.88. The first-order valence-corrected chi connectivity index (χ1v) is 5.59. The number of morpholine rings is 1. The molecule has 2 heterocycles. The number of benzene rings is 1. The summed E-state index contributed by atoms with van der Waals surface area (Å²) in [5.74, 6) is 0.607. The predicted octanol–water partition coefficient (Wildman–Crippen LogP) is 0.528. The molecule has 1 saturated heterocycles. The second-order valence-corrected chi connectivity index (χ2v) is 3.92. The number of rotatable bonds is 2. The van der Waals surface area contributed by atoms with E-state index in [2.05, 4.69) is 32.0 Å². The Labute approximate surface area is 98.4 Å². The minimum absolute atomic E-state index is 0.107. The number of hydrogen-bond acceptors (Lipinski definition) is 5. The van der Waals surface area contributed by atoms with Gasteiger partial charge in [0.1, 0.15) is 0 Å². The van der Waals surface area contributed by atoms with Crippen molar-refractivity contribution in [1.29, 1.82) is 0 Å². The van der Waals surface area contributed by atoms with Crippen molar-refractivity contribution in [3.05, 3.63) is 29.8 Å². The summed E-state index contributed by atoms with van der Waals surface area (Å²) in [6.45, 7) is 2.51. The molecule has 2 N–H and O–H groups in total. The number of aromatic nitrogens is 4. The number of ether oxygens (including phenoxy) is 1. The van der Waals surface area contributed by atoms with Crippen molar-refractivity contribution in [2.24, 2.45) is 0 Å². The number of hydrogen-bond donors (Lipinski definition) is 2. The Morgan fingerprint density at radius 3 is 3.12 bits per heavy atom. The zero-order chi connectivity index (χ0) is 11.5. The van der Waals surface area contributed by atoms with E-state index in [1.54, 1.807) is 0 Å². The van der Waals surface area contributed by atoms with Crippen LogP contribution in [0.15, 0.2) is 24.3 Å². The van der Waals surface area contributed by atoms with Crippen LogP contribution in [0.2, 0.25) is 0 Å². The average Bonchev–Trinajstić information content (AvgIpc) is 2.94. The molecule has 6 nitrogen and oxygen atoms in total. The molecule has 2 aromatic rings. The SMILES string of the molecule is c1cc(-c2nn[nH]n2)cc(C2CNCCO2)c1. The van der Waals surface area contributed by atoms with Crippen LogP contribution >= 0.6 is 0 Å². The van der Waals surface area contributed by atoms with Gasteiger partial charge in [0.25, 0.3) is 0 Å². The van der Waals surface area contributed by atoms with Crippen molar-refractivity contribution in [1.82, 2.24) is 25.9 Å². The van der Waals surface area contributed by atoms with E-state index in [0.29, 0.717) is 5.82 Å². The van der Waals surface area contributed by atoms with E-state index < -0.39 is 0 Å². The topological polar surface area (TPSA) is 75.7 Å². The van der Waals surface area contributed by atoms with Crippen LogP contribution in [0.3, 0.4) is 0 Å². The van der Waals surface area contributed by atoms with Crippen LogP contribution in [-0.4, -0.2) is 40.3 Å². The fourth-order valence-electron chi connectivity index (χ4n) is 1.94. The lowest BCUT2D eigenvalue weighted by molar-refractivity contribution is 0.0277. The van der Waals surface area contributed by atoms with Crippen molar-refractivity contribution in [3.63, 3.8) is 0 Å². The van der Waals surface area contributed by atoms with Crippen molar-refractivity contribution < 1.29 is 4.74 Å². The highest BCUT2D eigenvalue weighted by molar-refractivity contribution is 5.55. The minimum Gasteiger partial charge on any atom is -0.371 e.